The molecule has 6 nitrogen and oxygen atoms in total. The Kier molecular flexibility index (Phi) is 4.43. The van der Waals surface area contributed by atoms with Crippen molar-refractivity contribution in [1.82, 2.24) is 15.0 Å². The molecule has 23 heavy (non-hydrogen) atoms. The van der Waals surface area contributed by atoms with Crippen molar-refractivity contribution in [2.45, 2.75) is 45.8 Å². The lowest BCUT2D eigenvalue weighted by molar-refractivity contribution is -0.124. The summed E-state index contributed by atoms with van der Waals surface area (Å²) in [6.07, 6.45) is 1.41. The Morgan fingerprint density at radius 3 is 2.83 bits per heavy atom. The number of carbonyl (C=O) groups excluding carboxylic acids is 1. The summed E-state index contributed by atoms with van der Waals surface area (Å²) in [5.74, 6) is 1.40. The molecule has 0 bridgehead atoms. The Morgan fingerprint density at radius 1 is 1.39 bits per heavy atom. The van der Waals surface area contributed by atoms with E-state index in [4.69, 9.17) is 10.3 Å². The number of rotatable bonds is 5. The number of hydrogen-bond acceptors (Lipinski definition) is 5. The molecule has 1 atom stereocenters. The highest BCUT2D eigenvalue weighted by Crippen LogP contribution is 2.24. The van der Waals surface area contributed by atoms with Gasteiger partial charge in [-0.3, -0.25) is 9.69 Å². The van der Waals surface area contributed by atoms with E-state index in [1.54, 1.807) is 0 Å². The van der Waals surface area contributed by atoms with Crippen molar-refractivity contribution in [1.29, 1.82) is 0 Å². The third kappa shape index (κ3) is 3.59. The van der Waals surface area contributed by atoms with Gasteiger partial charge in [-0.05, 0) is 23.5 Å². The Bertz CT molecular complexity index is 695. The molecule has 2 N–H and O–H groups in total. The van der Waals surface area contributed by atoms with E-state index in [1.165, 1.54) is 11.1 Å². The summed E-state index contributed by atoms with van der Waals surface area (Å²) in [5.41, 5.74) is 7.99. The monoisotopic (exact) mass is 314 g/mol. The van der Waals surface area contributed by atoms with Gasteiger partial charge >= 0.3 is 0 Å². The maximum atomic E-state index is 11.8. The fraction of sp³-hybridized carbons (Fsp3) is 0.471. The minimum atomic E-state index is -0.342. The van der Waals surface area contributed by atoms with Crippen LogP contribution in [0, 0.1) is 5.92 Å². The molecule has 1 aliphatic rings. The first kappa shape index (κ1) is 15.7. The standard InChI is InChI=1S/C17H22N4O2/c1-11(2)7-15-19-16(23-20-15)10-21-9-13-6-4-3-5-12(13)8-14(21)17(18)22/h3-6,11,14H,7-10H2,1-2H3,(H2,18,22)/t14-/m0/s1. The lowest BCUT2D eigenvalue weighted by Gasteiger charge is -2.33. The number of aromatic nitrogens is 2. The molecule has 0 saturated carbocycles. The molecule has 1 amide bonds. The molecule has 1 aromatic carbocycles. The smallest absolute Gasteiger partial charge is 0.240 e. The molecule has 0 radical (unpaired) electrons. The number of amides is 1. The van der Waals surface area contributed by atoms with Crippen LogP contribution >= 0.6 is 0 Å². The van der Waals surface area contributed by atoms with E-state index in [1.807, 2.05) is 17.0 Å². The van der Waals surface area contributed by atoms with Crippen molar-refractivity contribution in [2.24, 2.45) is 11.7 Å². The first-order valence-electron chi connectivity index (χ1n) is 7.94. The van der Waals surface area contributed by atoms with E-state index in [0.717, 1.165) is 6.42 Å². The van der Waals surface area contributed by atoms with E-state index in [0.29, 0.717) is 37.1 Å². The molecular weight excluding hydrogens is 292 g/mol. The molecule has 0 fully saturated rings. The topological polar surface area (TPSA) is 85.3 Å². The van der Waals surface area contributed by atoms with Crippen LogP contribution in [-0.2, 0) is 30.7 Å². The Morgan fingerprint density at radius 2 is 2.13 bits per heavy atom. The molecule has 6 heteroatoms. The first-order chi connectivity index (χ1) is 11.0. The summed E-state index contributed by atoms with van der Waals surface area (Å²) >= 11 is 0. The van der Waals surface area contributed by atoms with Crippen LogP contribution in [0.25, 0.3) is 0 Å². The number of carbonyl (C=O) groups is 1. The summed E-state index contributed by atoms with van der Waals surface area (Å²) < 4.78 is 5.33. The molecule has 1 aromatic heterocycles. The lowest BCUT2D eigenvalue weighted by atomic mass is 9.93. The summed E-state index contributed by atoms with van der Waals surface area (Å²) in [7, 11) is 0. The zero-order valence-electron chi connectivity index (χ0n) is 13.5. The normalized spacial score (nSPS) is 18.1. The van der Waals surface area contributed by atoms with E-state index < -0.39 is 0 Å². The SMILES string of the molecule is CC(C)Cc1noc(CN2Cc3ccccc3C[C@H]2C(N)=O)n1. The van der Waals surface area contributed by atoms with Gasteiger partial charge in [0.1, 0.15) is 0 Å². The van der Waals surface area contributed by atoms with Crippen LogP contribution in [0.4, 0.5) is 0 Å². The highest BCUT2D eigenvalue weighted by molar-refractivity contribution is 5.80. The molecule has 122 valence electrons. The van der Waals surface area contributed by atoms with Crippen LogP contribution in [0.5, 0.6) is 0 Å². The van der Waals surface area contributed by atoms with Crippen molar-refractivity contribution in [3.05, 3.63) is 47.1 Å². The first-order valence-corrected chi connectivity index (χ1v) is 7.94. The van der Waals surface area contributed by atoms with Crippen molar-refractivity contribution < 1.29 is 9.32 Å². The van der Waals surface area contributed by atoms with Crippen LogP contribution in [0.3, 0.4) is 0 Å². The second-order valence-corrected chi connectivity index (χ2v) is 6.50. The minimum Gasteiger partial charge on any atom is -0.368 e. The van der Waals surface area contributed by atoms with Gasteiger partial charge in [0, 0.05) is 13.0 Å². The van der Waals surface area contributed by atoms with Gasteiger partial charge in [0.15, 0.2) is 5.82 Å². The molecule has 0 saturated heterocycles. The maximum Gasteiger partial charge on any atom is 0.240 e. The van der Waals surface area contributed by atoms with Crippen LogP contribution in [-0.4, -0.2) is 27.0 Å². The summed E-state index contributed by atoms with van der Waals surface area (Å²) in [6.45, 7) is 5.32. The summed E-state index contributed by atoms with van der Waals surface area (Å²) in [5, 5.41) is 4.01. The zero-order valence-corrected chi connectivity index (χ0v) is 13.5. The number of nitrogens with zero attached hydrogens (tertiary/aromatic N) is 3. The Hall–Kier alpha value is -2.21. The Labute approximate surface area is 135 Å². The van der Waals surface area contributed by atoms with E-state index >= 15 is 0 Å². The summed E-state index contributed by atoms with van der Waals surface area (Å²) in [4.78, 5) is 18.3. The van der Waals surface area contributed by atoms with Crippen LogP contribution < -0.4 is 5.73 Å². The number of benzene rings is 1. The van der Waals surface area contributed by atoms with E-state index in [-0.39, 0.29) is 11.9 Å². The van der Waals surface area contributed by atoms with Gasteiger partial charge in [0.05, 0.1) is 12.6 Å². The fourth-order valence-electron chi connectivity index (χ4n) is 3.00. The van der Waals surface area contributed by atoms with Gasteiger partial charge in [0.25, 0.3) is 0 Å². The van der Waals surface area contributed by atoms with E-state index in [9.17, 15) is 4.79 Å². The molecule has 2 heterocycles. The third-order valence-corrected chi connectivity index (χ3v) is 4.11. The largest absolute Gasteiger partial charge is 0.368 e. The molecule has 1 aliphatic heterocycles. The minimum absolute atomic E-state index is 0.318. The van der Waals surface area contributed by atoms with Gasteiger partial charge in [-0.2, -0.15) is 4.98 Å². The van der Waals surface area contributed by atoms with Crippen molar-refractivity contribution >= 4 is 5.91 Å². The molecule has 0 aliphatic carbocycles. The highest BCUT2D eigenvalue weighted by atomic mass is 16.5. The second-order valence-electron chi connectivity index (χ2n) is 6.50. The molecule has 0 unspecified atom stereocenters. The van der Waals surface area contributed by atoms with Crippen molar-refractivity contribution in [3.63, 3.8) is 0 Å². The molecule has 0 spiro atoms. The summed E-state index contributed by atoms with van der Waals surface area (Å²) in [6, 6.07) is 7.79. The van der Waals surface area contributed by atoms with Gasteiger partial charge in [-0.15, -0.1) is 0 Å². The number of primary amides is 1. The van der Waals surface area contributed by atoms with Crippen molar-refractivity contribution in [2.75, 3.05) is 0 Å². The second kappa shape index (κ2) is 6.50. The average Bonchev–Trinajstić information content (AvgIpc) is 2.92. The number of nitrogens with two attached hydrogens (primary N) is 1. The zero-order chi connectivity index (χ0) is 16.4. The number of hydrogen-bond donors (Lipinski definition) is 1. The predicted molar refractivity (Wildman–Crippen MR) is 85.2 cm³/mol. The van der Waals surface area contributed by atoms with Gasteiger partial charge in [-0.25, -0.2) is 0 Å². The number of fused-ring (bicyclic) bond motifs is 1. The van der Waals surface area contributed by atoms with Gasteiger partial charge in [0.2, 0.25) is 11.8 Å². The molecule has 2 aromatic rings. The van der Waals surface area contributed by atoms with E-state index in [2.05, 4.69) is 36.1 Å². The maximum absolute atomic E-state index is 11.8. The fourth-order valence-corrected chi connectivity index (χ4v) is 3.00. The third-order valence-electron chi connectivity index (χ3n) is 4.11. The average molecular weight is 314 g/mol. The quantitative estimate of drug-likeness (QED) is 0.907. The van der Waals surface area contributed by atoms with Crippen LogP contribution in [0.1, 0.15) is 36.7 Å². The van der Waals surface area contributed by atoms with Crippen LogP contribution in [0.15, 0.2) is 28.8 Å². The van der Waals surface area contributed by atoms with Crippen LogP contribution in [0.2, 0.25) is 0 Å². The van der Waals surface area contributed by atoms with Crippen molar-refractivity contribution in [3.8, 4) is 0 Å². The highest BCUT2D eigenvalue weighted by Gasteiger charge is 2.31. The molecule has 3 rings (SSSR count). The van der Waals surface area contributed by atoms with Gasteiger partial charge in [-0.1, -0.05) is 43.3 Å². The Balaban J connectivity index is 1.77. The predicted octanol–water partition coefficient (Wildman–Crippen LogP) is 1.68. The molecular formula is C17H22N4O2. The van der Waals surface area contributed by atoms with Gasteiger partial charge < -0.3 is 10.3 Å². The lowest BCUT2D eigenvalue weighted by Crippen LogP contribution is -2.48.